The van der Waals surface area contributed by atoms with Gasteiger partial charge in [-0.2, -0.15) is 5.10 Å². The highest BCUT2D eigenvalue weighted by Crippen LogP contribution is 2.15. The van der Waals surface area contributed by atoms with Crippen LogP contribution in [-0.2, 0) is 0 Å². The molecule has 0 radical (unpaired) electrons. The van der Waals surface area contributed by atoms with Crippen LogP contribution in [0.15, 0.2) is 47.6 Å². The molecule has 6 heteroatoms. The quantitative estimate of drug-likeness (QED) is 0.665. The summed E-state index contributed by atoms with van der Waals surface area (Å²) in [4.78, 5) is 0. The van der Waals surface area contributed by atoms with Gasteiger partial charge in [-0.3, -0.25) is 5.43 Å². The van der Waals surface area contributed by atoms with Crippen molar-refractivity contribution < 1.29 is 13.2 Å². The van der Waals surface area contributed by atoms with Gasteiger partial charge >= 0.3 is 0 Å². The molecular weight excluding hydrogens is 277 g/mol. The predicted molar refractivity (Wildman–Crippen MR) is 68.8 cm³/mol. The van der Waals surface area contributed by atoms with E-state index in [2.05, 4.69) is 10.5 Å². The van der Waals surface area contributed by atoms with E-state index in [0.29, 0.717) is 5.56 Å². The SMILES string of the molecule is Fc1ccc(C(Cl)=NNc2ccc(F)cc2F)cc1. The molecule has 2 aromatic carbocycles. The molecule has 0 aliphatic carbocycles. The molecule has 0 saturated carbocycles. The van der Waals surface area contributed by atoms with Gasteiger partial charge in [-0.25, -0.2) is 13.2 Å². The van der Waals surface area contributed by atoms with Crippen molar-refractivity contribution in [3.63, 3.8) is 0 Å². The van der Waals surface area contributed by atoms with E-state index >= 15 is 0 Å². The number of halogens is 4. The second-order valence-electron chi connectivity index (χ2n) is 3.65. The lowest BCUT2D eigenvalue weighted by Crippen LogP contribution is -1.99. The molecule has 0 atom stereocenters. The third-order valence-corrected chi connectivity index (χ3v) is 2.59. The van der Waals surface area contributed by atoms with Gasteiger partial charge in [0, 0.05) is 11.6 Å². The minimum atomic E-state index is -0.785. The van der Waals surface area contributed by atoms with Gasteiger partial charge in [0.05, 0.1) is 5.69 Å². The molecule has 0 bridgehead atoms. The number of rotatable bonds is 3. The summed E-state index contributed by atoms with van der Waals surface area (Å²) < 4.78 is 38.7. The minimum absolute atomic E-state index is 0.0124. The molecule has 0 heterocycles. The molecule has 0 spiro atoms. The van der Waals surface area contributed by atoms with Gasteiger partial charge < -0.3 is 0 Å². The van der Waals surface area contributed by atoms with Crippen LogP contribution in [0.25, 0.3) is 0 Å². The standard InChI is InChI=1S/C13H8ClF3N2/c14-13(8-1-3-9(15)4-2-8)19-18-12-6-5-10(16)7-11(12)17/h1-7,18H. The predicted octanol–water partition coefficient (Wildman–Crippen LogP) is 4.12. The molecule has 2 rings (SSSR count). The zero-order valence-electron chi connectivity index (χ0n) is 9.50. The molecule has 0 aromatic heterocycles. The van der Waals surface area contributed by atoms with Crippen LogP contribution in [0.5, 0.6) is 0 Å². The summed E-state index contributed by atoms with van der Waals surface area (Å²) in [5, 5.41) is 3.76. The number of nitrogens with zero attached hydrogens (tertiary/aromatic N) is 1. The number of nitrogens with one attached hydrogen (secondary N) is 1. The van der Waals surface area contributed by atoms with Gasteiger partial charge in [0.1, 0.15) is 11.6 Å². The van der Waals surface area contributed by atoms with Crippen LogP contribution in [0.4, 0.5) is 18.9 Å². The number of hydrazone groups is 1. The molecule has 2 aromatic rings. The second kappa shape index (κ2) is 5.75. The van der Waals surface area contributed by atoms with Crippen LogP contribution < -0.4 is 5.43 Å². The molecule has 0 aliphatic heterocycles. The van der Waals surface area contributed by atoms with Crippen molar-refractivity contribution in [1.29, 1.82) is 0 Å². The highest BCUT2D eigenvalue weighted by molar-refractivity contribution is 6.69. The van der Waals surface area contributed by atoms with E-state index in [4.69, 9.17) is 11.6 Å². The first-order valence-electron chi connectivity index (χ1n) is 5.26. The maximum absolute atomic E-state index is 13.3. The van der Waals surface area contributed by atoms with Gasteiger partial charge in [-0.15, -0.1) is 0 Å². The molecule has 19 heavy (non-hydrogen) atoms. The highest BCUT2D eigenvalue weighted by atomic mass is 35.5. The Bertz CT molecular complexity index is 612. The first-order chi connectivity index (χ1) is 9.06. The van der Waals surface area contributed by atoms with Crippen LogP contribution in [0.3, 0.4) is 0 Å². The van der Waals surface area contributed by atoms with E-state index < -0.39 is 17.5 Å². The topological polar surface area (TPSA) is 24.4 Å². The smallest absolute Gasteiger partial charge is 0.156 e. The van der Waals surface area contributed by atoms with Crippen LogP contribution in [-0.4, -0.2) is 5.17 Å². The molecule has 0 saturated heterocycles. The Labute approximate surface area is 112 Å². The average Bonchev–Trinajstić information content (AvgIpc) is 2.38. The highest BCUT2D eigenvalue weighted by Gasteiger charge is 2.04. The van der Waals surface area contributed by atoms with E-state index in [1.165, 1.54) is 30.3 Å². The molecule has 1 N–H and O–H groups in total. The molecule has 0 unspecified atom stereocenters. The summed E-state index contributed by atoms with van der Waals surface area (Å²) in [7, 11) is 0. The van der Waals surface area contributed by atoms with Crippen LogP contribution in [0, 0.1) is 17.5 Å². The zero-order chi connectivity index (χ0) is 13.8. The van der Waals surface area contributed by atoms with Crippen molar-refractivity contribution in [2.45, 2.75) is 0 Å². The van der Waals surface area contributed by atoms with Gasteiger partial charge in [0.15, 0.2) is 11.0 Å². The van der Waals surface area contributed by atoms with Gasteiger partial charge in [-0.1, -0.05) is 11.6 Å². The van der Waals surface area contributed by atoms with Gasteiger partial charge in [0.25, 0.3) is 0 Å². The molecule has 0 fully saturated rings. The van der Waals surface area contributed by atoms with Crippen molar-refractivity contribution in [3.05, 3.63) is 65.5 Å². The van der Waals surface area contributed by atoms with Crippen LogP contribution >= 0.6 is 11.6 Å². The largest absolute Gasteiger partial charge is 0.274 e. The maximum atomic E-state index is 13.3. The molecule has 2 nitrogen and oxygen atoms in total. The Morgan fingerprint density at radius 1 is 0.947 bits per heavy atom. The first-order valence-corrected chi connectivity index (χ1v) is 5.64. The van der Waals surface area contributed by atoms with E-state index in [9.17, 15) is 13.2 Å². The molecule has 0 amide bonds. The third kappa shape index (κ3) is 3.48. The number of hydrogen-bond acceptors (Lipinski definition) is 2. The summed E-state index contributed by atoms with van der Waals surface area (Å²) in [5.74, 6) is -1.87. The zero-order valence-corrected chi connectivity index (χ0v) is 10.3. The van der Waals surface area contributed by atoms with Crippen molar-refractivity contribution >= 4 is 22.5 Å². The summed E-state index contributed by atoms with van der Waals surface area (Å²) in [6.45, 7) is 0. The third-order valence-electron chi connectivity index (χ3n) is 2.29. The fraction of sp³-hybridized carbons (Fsp3) is 0. The van der Waals surface area contributed by atoms with E-state index in [1.54, 1.807) is 0 Å². The van der Waals surface area contributed by atoms with Gasteiger partial charge in [-0.05, 0) is 36.4 Å². The minimum Gasteiger partial charge on any atom is -0.274 e. The van der Waals surface area contributed by atoms with Crippen LogP contribution in [0.1, 0.15) is 5.56 Å². The summed E-state index contributed by atoms with van der Waals surface area (Å²) in [6.07, 6.45) is 0. The van der Waals surface area contributed by atoms with Crippen molar-refractivity contribution in [2.24, 2.45) is 5.10 Å². The monoisotopic (exact) mass is 284 g/mol. The van der Waals surface area contributed by atoms with Crippen molar-refractivity contribution in [2.75, 3.05) is 5.43 Å². The second-order valence-corrected chi connectivity index (χ2v) is 4.00. The van der Waals surface area contributed by atoms with E-state index in [0.717, 1.165) is 12.1 Å². The Kier molecular flexibility index (Phi) is 4.06. The maximum Gasteiger partial charge on any atom is 0.156 e. The van der Waals surface area contributed by atoms with E-state index in [1.807, 2.05) is 0 Å². The molecular formula is C13H8ClF3N2. The Balaban J connectivity index is 2.15. The fourth-order valence-corrected chi connectivity index (χ4v) is 1.51. The van der Waals surface area contributed by atoms with Crippen LogP contribution in [0.2, 0.25) is 0 Å². The summed E-state index contributed by atoms with van der Waals surface area (Å²) in [6, 6.07) is 8.34. The number of benzene rings is 2. The number of anilines is 1. The summed E-state index contributed by atoms with van der Waals surface area (Å²) >= 11 is 5.86. The lowest BCUT2D eigenvalue weighted by molar-refractivity contribution is 0.585. The Hall–Kier alpha value is -2.01. The van der Waals surface area contributed by atoms with Crippen molar-refractivity contribution in [1.82, 2.24) is 0 Å². The normalized spacial score (nSPS) is 11.5. The van der Waals surface area contributed by atoms with Crippen molar-refractivity contribution in [3.8, 4) is 0 Å². The molecule has 98 valence electrons. The Morgan fingerprint density at radius 2 is 1.58 bits per heavy atom. The Morgan fingerprint density at radius 3 is 2.21 bits per heavy atom. The fourth-order valence-electron chi connectivity index (χ4n) is 1.34. The summed E-state index contributed by atoms with van der Waals surface area (Å²) in [5.41, 5.74) is 2.83. The van der Waals surface area contributed by atoms with Gasteiger partial charge in [0.2, 0.25) is 0 Å². The first kappa shape index (κ1) is 13.4. The average molecular weight is 285 g/mol. The lowest BCUT2D eigenvalue weighted by atomic mass is 10.2. The lowest BCUT2D eigenvalue weighted by Gasteiger charge is -2.03. The molecule has 0 aliphatic rings. The van der Waals surface area contributed by atoms with E-state index in [-0.39, 0.29) is 10.9 Å². The number of hydrogen-bond donors (Lipinski definition) is 1.